The lowest BCUT2D eigenvalue weighted by molar-refractivity contribution is 0.102. The standard InChI is InChI=1S/C22H23FN6O2/c1-13-5-10-18(17(23)11-13)26-22(31)16-12-25-29(4)20(16)27-21(30)15-8-6-14(7-9-15)19(24)28(2)3/h5-12,24H,1-4H3,(H,26,31)(H,27,30). The van der Waals surface area contributed by atoms with Crippen molar-refractivity contribution in [3.05, 3.63) is 76.7 Å². The minimum absolute atomic E-state index is 0.0376. The first kappa shape index (κ1) is 21.7. The van der Waals surface area contributed by atoms with Gasteiger partial charge in [-0.3, -0.25) is 19.7 Å². The zero-order valence-corrected chi connectivity index (χ0v) is 17.7. The third kappa shape index (κ3) is 4.77. The van der Waals surface area contributed by atoms with Gasteiger partial charge in [-0.15, -0.1) is 0 Å². The fourth-order valence-corrected chi connectivity index (χ4v) is 2.88. The van der Waals surface area contributed by atoms with E-state index < -0.39 is 17.6 Å². The quantitative estimate of drug-likeness (QED) is 0.434. The summed E-state index contributed by atoms with van der Waals surface area (Å²) < 4.78 is 15.4. The Morgan fingerprint density at radius 1 is 1.03 bits per heavy atom. The lowest BCUT2D eigenvalue weighted by atomic mass is 10.1. The first-order chi connectivity index (χ1) is 14.7. The second kappa shape index (κ2) is 8.78. The maximum absolute atomic E-state index is 14.1. The number of nitrogens with one attached hydrogen (secondary N) is 3. The number of amides is 2. The van der Waals surface area contributed by atoms with Gasteiger partial charge in [-0.1, -0.05) is 18.2 Å². The molecule has 1 heterocycles. The van der Waals surface area contributed by atoms with E-state index in [0.717, 1.165) is 5.56 Å². The topological polar surface area (TPSA) is 103 Å². The molecule has 2 aromatic carbocycles. The van der Waals surface area contributed by atoms with Crippen molar-refractivity contribution >= 4 is 29.2 Å². The molecule has 0 radical (unpaired) electrons. The molecular formula is C22H23FN6O2. The Bertz CT molecular complexity index is 1150. The molecule has 3 N–H and O–H groups in total. The van der Waals surface area contributed by atoms with Crippen LogP contribution in [0.15, 0.2) is 48.7 Å². The summed E-state index contributed by atoms with van der Waals surface area (Å²) in [6.07, 6.45) is 1.30. The predicted molar refractivity (Wildman–Crippen MR) is 117 cm³/mol. The molecule has 8 nitrogen and oxygen atoms in total. The maximum atomic E-state index is 14.1. The van der Waals surface area contributed by atoms with Crippen LogP contribution < -0.4 is 10.6 Å². The highest BCUT2D eigenvalue weighted by atomic mass is 19.1. The zero-order chi connectivity index (χ0) is 22.7. The maximum Gasteiger partial charge on any atom is 0.261 e. The number of carbonyl (C=O) groups is 2. The van der Waals surface area contributed by atoms with Gasteiger partial charge in [0.25, 0.3) is 11.8 Å². The number of carbonyl (C=O) groups excluding carboxylic acids is 2. The third-order valence-electron chi connectivity index (χ3n) is 4.66. The summed E-state index contributed by atoms with van der Waals surface area (Å²) in [5.74, 6) is -1.09. The molecule has 3 rings (SSSR count). The van der Waals surface area contributed by atoms with Crippen molar-refractivity contribution in [2.75, 3.05) is 24.7 Å². The monoisotopic (exact) mass is 422 g/mol. The van der Waals surface area contributed by atoms with Crippen LogP contribution in [0.2, 0.25) is 0 Å². The Hall–Kier alpha value is -4.01. The first-order valence-electron chi connectivity index (χ1n) is 9.44. The van der Waals surface area contributed by atoms with E-state index in [4.69, 9.17) is 5.41 Å². The fourth-order valence-electron chi connectivity index (χ4n) is 2.88. The zero-order valence-electron chi connectivity index (χ0n) is 17.7. The summed E-state index contributed by atoms with van der Waals surface area (Å²) in [5.41, 5.74) is 1.89. The molecule has 2 amide bonds. The van der Waals surface area contributed by atoms with Gasteiger partial charge in [0.2, 0.25) is 0 Å². The largest absolute Gasteiger partial charge is 0.363 e. The Kier molecular flexibility index (Phi) is 6.15. The van der Waals surface area contributed by atoms with Crippen molar-refractivity contribution in [2.24, 2.45) is 7.05 Å². The highest BCUT2D eigenvalue weighted by molar-refractivity contribution is 6.12. The molecule has 0 fully saturated rings. The lowest BCUT2D eigenvalue weighted by Crippen LogP contribution is -2.22. The van der Waals surface area contributed by atoms with Gasteiger partial charge in [0, 0.05) is 32.3 Å². The summed E-state index contributed by atoms with van der Waals surface area (Å²) in [4.78, 5) is 27.0. The van der Waals surface area contributed by atoms with E-state index in [1.165, 1.54) is 23.0 Å². The molecule has 0 bridgehead atoms. The number of aromatic nitrogens is 2. The van der Waals surface area contributed by atoms with Crippen LogP contribution in [0.5, 0.6) is 0 Å². The fraction of sp³-hybridized carbons (Fsp3) is 0.182. The van der Waals surface area contributed by atoms with E-state index in [1.807, 2.05) is 0 Å². The molecule has 0 aliphatic rings. The van der Waals surface area contributed by atoms with Crippen molar-refractivity contribution in [2.45, 2.75) is 6.92 Å². The van der Waals surface area contributed by atoms with Gasteiger partial charge >= 0.3 is 0 Å². The first-order valence-corrected chi connectivity index (χ1v) is 9.44. The van der Waals surface area contributed by atoms with E-state index in [0.29, 0.717) is 17.0 Å². The van der Waals surface area contributed by atoms with Crippen LogP contribution in [-0.2, 0) is 7.05 Å². The van der Waals surface area contributed by atoms with Gasteiger partial charge in [-0.05, 0) is 36.8 Å². The predicted octanol–water partition coefficient (Wildman–Crippen LogP) is 3.26. The molecular weight excluding hydrogens is 399 g/mol. The van der Waals surface area contributed by atoms with Gasteiger partial charge in [-0.25, -0.2) is 4.39 Å². The van der Waals surface area contributed by atoms with Gasteiger partial charge in [-0.2, -0.15) is 5.10 Å². The minimum atomic E-state index is -0.596. The molecule has 0 unspecified atom stereocenters. The van der Waals surface area contributed by atoms with E-state index in [1.54, 1.807) is 63.3 Å². The average molecular weight is 422 g/mol. The molecule has 0 saturated carbocycles. The third-order valence-corrected chi connectivity index (χ3v) is 4.66. The molecule has 0 atom stereocenters. The summed E-state index contributed by atoms with van der Waals surface area (Å²) in [6.45, 7) is 1.75. The van der Waals surface area contributed by atoms with Gasteiger partial charge in [0.15, 0.2) is 0 Å². The number of benzene rings is 2. The number of rotatable bonds is 5. The minimum Gasteiger partial charge on any atom is -0.363 e. The number of nitrogens with zero attached hydrogens (tertiary/aromatic N) is 3. The number of halogens is 1. The Morgan fingerprint density at radius 3 is 2.29 bits per heavy atom. The van der Waals surface area contributed by atoms with Crippen molar-refractivity contribution < 1.29 is 14.0 Å². The molecule has 9 heteroatoms. The van der Waals surface area contributed by atoms with E-state index in [-0.39, 0.29) is 17.1 Å². The van der Waals surface area contributed by atoms with Crippen LogP contribution in [0, 0.1) is 18.2 Å². The van der Waals surface area contributed by atoms with Crippen LogP contribution in [0.25, 0.3) is 0 Å². The lowest BCUT2D eigenvalue weighted by Gasteiger charge is -2.14. The number of hydrogen-bond donors (Lipinski definition) is 3. The molecule has 1 aromatic heterocycles. The van der Waals surface area contributed by atoms with Crippen molar-refractivity contribution in [3.63, 3.8) is 0 Å². The van der Waals surface area contributed by atoms with Crippen LogP contribution >= 0.6 is 0 Å². The number of anilines is 2. The van der Waals surface area contributed by atoms with Crippen LogP contribution in [0.4, 0.5) is 15.9 Å². The second-order valence-electron chi connectivity index (χ2n) is 7.24. The Morgan fingerprint density at radius 2 is 1.68 bits per heavy atom. The molecule has 160 valence electrons. The number of hydrogen-bond acceptors (Lipinski definition) is 4. The van der Waals surface area contributed by atoms with Crippen molar-refractivity contribution in [1.29, 1.82) is 5.41 Å². The van der Waals surface area contributed by atoms with Gasteiger partial charge < -0.3 is 15.5 Å². The summed E-state index contributed by atoms with van der Waals surface area (Å²) in [5, 5.41) is 17.2. The number of amidine groups is 1. The highest BCUT2D eigenvalue weighted by Gasteiger charge is 2.20. The Balaban J connectivity index is 1.78. The molecule has 0 aliphatic heterocycles. The molecule has 0 saturated heterocycles. The highest BCUT2D eigenvalue weighted by Crippen LogP contribution is 2.20. The Labute approximate surface area is 179 Å². The van der Waals surface area contributed by atoms with E-state index in [9.17, 15) is 14.0 Å². The normalized spacial score (nSPS) is 10.5. The average Bonchev–Trinajstić information content (AvgIpc) is 3.09. The van der Waals surface area contributed by atoms with Gasteiger partial charge in [0.05, 0.1) is 11.9 Å². The van der Waals surface area contributed by atoms with E-state index >= 15 is 0 Å². The van der Waals surface area contributed by atoms with Gasteiger partial charge in [0.1, 0.15) is 23.0 Å². The number of aryl methyl sites for hydroxylation is 2. The van der Waals surface area contributed by atoms with Crippen LogP contribution in [-0.4, -0.2) is 46.4 Å². The molecule has 0 spiro atoms. The summed E-state index contributed by atoms with van der Waals surface area (Å²) in [6, 6.07) is 11.0. The molecule has 31 heavy (non-hydrogen) atoms. The summed E-state index contributed by atoms with van der Waals surface area (Å²) >= 11 is 0. The van der Waals surface area contributed by atoms with Crippen LogP contribution in [0.1, 0.15) is 31.8 Å². The van der Waals surface area contributed by atoms with Crippen LogP contribution in [0.3, 0.4) is 0 Å². The van der Waals surface area contributed by atoms with Crippen molar-refractivity contribution in [1.82, 2.24) is 14.7 Å². The van der Waals surface area contributed by atoms with Crippen molar-refractivity contribution in [3.8, 4) is 0 Å². The molecule has 0 aliphatic carbocycles. The van der Waals surface area contributed by atoms with E-state index in [2.05, 4.69) is 15.7 Å². The SMILES string of the molecule is Cc1ccc(NC(=O)c2cnn(C)c2NC(=O)c2ccc(C(=N)N(C)C)cc2)c(F)c1. The summed E-state index contributed by atoms with van der Waals surface area (Å²) in [7, 11) is 5.11. The molecule has 3 aromatic rings. The second-order valence-corrected chi connectivity index (χ2v) is 7.24. The smallest absolute Gasteiger partial charge is 0.261 e.